The fraction of sp³-hybridized carbons (Fsp3) is 0.290. The molecule has 198 valence electrons. The second-order valence-electron chi connectivity index (χ2n) is 9.57. The van der Waals surface area contributed by atoms with Crippen LogP contribution in [0.2, 0.25) is 0 Å². The van der Waals surface area contributed by atoms with Crippen molar-refractivity contribution in [3.63, 3.8) is 0 Å². The lowest BCUT2D eigenvalue weighted by molar-refractivity contribution is -0.139. The summed E-state index contributed by atoms with van der Waals surface area (Å²) < 4.78 is 16.6. The third-order valence-electron chi connectivity index (χ3n) is 6.46. The van der Waals surface area contributed by atoms with Gasteiger partial charge >= 0.3 is 0 Å². The highest BCUT2D eigenvalue weighted by Gasteiger charge is 2.46. The SMILES string of the molecule is COc1ccc(CCN2C(=O)C(=O)/C(=C(\O)c3cccc(OCC(C)C)c3)C2c2ccccc2OC)cc1. The number of amides is 1. The number of likely N-dealkylation sites (tertiary alicyclic amines) is 1. The van der Waals surface area contributed by atoms with Crippen LogP contribution in [-0.2, 0) is 16.0 Å². The van der Waals surface area contributed by atoms with Gasteiger partial charge in [0.2, 0.25) is 0 Å². The molecule has 0 bridgehead atoms. The van der Waals surface area contributed by atoms with Crippen molar-refractivity contribution in [1.82, 2.24) is 4.90 Å². The first-order valence-electron chi connectivity index (χ1n) is 12.6. The summed E-state index contributed by atoms with van der Waals surface area (Å²) in [5.41, 5.74) is 2.04. The molecule has 1 N–H and O–H groups in total. The van der Waals surface area contributed by atoms with Crippen LogP contribution in [0, 0.1) is 5.92 Å². The Bertz CT molecular complexity index is 1330. The van der Waals surface area contributed by atoms with E-state index in [2.05, 4.69) is 0 Å². The van der Waals surface area contributed by atoms with Gasteiger partial charge in [-0.2, -0.15) is 0 Å². The molecule has 0 aliphatic carbocycles. The minimum absolute atomic E-state index is 0.0234. The van der Waals surface area contributed by atoms with Gasteiger partial charge in [0, 0.05) is 17.7 Å². The molecule has 0 saturated carbocycles. The van der Waals surface area contributed by atoms with Crippen LogP contribution in [0.3, 0.4) is 0 Å². The molecule has 1 saturated heterocycles. The summed E-state index contributed by atoms with van der Waals surface area (Å²) in [6, 6.07) is 20.9. The van der Waals surface area contributed by atoms with Crippen molar-refractivity contribution < 1.29 is 28.9 Å². The zero-order valence-electron chi connectivity index (χ0n) is 22.1. The van der Waals surface area contributed by atoms with Crippen molar-refractivity contribution in [2.75, 3.05) is 27.4 Å². The fourth-order valence-corrected chi connectivity index (χ4v) is 4.52. The van der Waals surface area contributed by atoms with Gasteiger partial charge in [-0.1, -0.05) is 56.3 Å². The molecule has 1 amide bonds. The van der Waals surface area contributed by atoms with E-state index in [-0.39, 0.29) is 17.9 Å². The highest BCUT2D eigenvalue weighted by molar-refractivity contribution is 6.46. The van der Waals surface area contributed by atoms with Crippen LogP contribution >= 0.6 is 0 Å². The number of carbonyl (C=O) groups excluding carboxylic acids is 2. The van der Waals surface area contributed by atoms with E-state index < -0.39 is 17.7 Å². The summed E-state index contributed by atoms with van der Waals surface area (Å²) in [5, 5.41) is 11.4. The monoisotopic (exact) mass is 515 g/mol. The van der Waals surface area contributed by atoms with E-state index in [1.54, 1.807) is 37.4 Å². The van der Waals surface area contributed by atoms with Crippen LogP contribution in [0.1, 0.15) is 36.6 Å². The number of methoxy groups -OCH3 is 2. The van der Waals surface area contributed by atoms with E-state index in [1.165, 1.54) is 12.0 Å². The summed E-state index contributed by atoms with van der Waals surface area (Å²) in [6.45, 7) is 4.88. The second-order valence-corrected chi connectivity index (χ2v) is 9.57. The molecule has 1 heterocycles. The number of Topliss-reactive ketones (excluding diaryl/α,β-unsaturated/α-hetero) is 1. The first-order chi connectivity index (χ1) is 18.3. The number of nitrogens with zero attached hydrogens (tertiary/aromatic N) is 1. The maximum Gasteiger partial charge on any atom is 0.295 e. The Kier molecular flexibility index (Phi) is 8.36. The van der Waals surface area contributed by atoms with E-state index in [9.17, 15) is 14.7 Å². The molecule has 1 atom stereocenters. The number of hydrogen-bond donors (Lipinski definition) is 1. The molecule has 4 rings (SSSR count). The number of aliphatic hydroxyl groups excluding tert-OH is 1. The molecular formula is C31H33NO6. The Hall–Kier alpha value is -4.26. The molecule has 1 aliphatic rings. The number of hydrogen-bond acceptors (Lipinski definition) is 6. The number of aliphatic hydroxyl groups is 1. The molecule has 0 radical (unpaired) electrons. The third-order valence-corrected chi connectivity index (χ3v) is 6.46. The van der Waals surface area contributed by atoms with E-state index in [0.29, 0.717) is 41.6 Å². The van der Waals surface area contributed by atoms with Crippen molar-refractivity contribution in [3.05, 3.63) is 95.1 Å². The summed E-state index contributed by atoms with van der Waals surface area (Å²) in [6.07, 6.45) is 0.515. The van der Waals surface area contributed by atoms with Crippen LogP contribution in [0.15, 0.2) is 78.4 Å². The third kappa shape index (κ3) is 5.67. The first kappa shape index (κ1) is 26.8. The van der Waals surface area contributed by atoms with Crippen molar-refractivity contribution in [2.45, 2.75) is 26.3 Å². The molecule has 7 nitrogen and oxygen atoms in total. The number of para-hydroxylation sites is 1. The van der Waals surface area contributed by atoms with E-state index in [1.807, 2.05) is 56.3 Å². The number of carbonyl (C=O) groups is 2. The lowest BCUT2D eigenvalue weighted by atomic mass is 9.94. The standard InChI is InChI=1S/C31H33NO6/c1-20(2)19-38-24-9-7-8-22(18-24)29(33)27-28(25-10-5-6-11-26(25)37-4)32(31(35)30(27)34)17-16-21-12-14-23(36-3)15-13-21/h5-15,18,20,28,33H,16-17,19H2,1-4H3/b29-27-. The number of rotatable bonds is 10. The Morgan fingerprint density at radius 2 is 1.66 bits per heavy atom. The lowest BCUT2D eigenvalue weighted by Crippen LogP contribution is -2.31. The molecule has 1 aliphatic heterocycles. The van der Waals surface area contributed by atoms with Crippen LogP contribution < -0.4 is 14.2 Å². The quantitative estimate of drug-likeness (QED) is 0.221. The van der Waals surface area contributed by atoms with E-state index in [0.717, 1.165) is 11.3 Å². The molecular weight excluding hydrogens is 482 g/mol. The van der Waals surface area contributed by atoms with Crippen LogP contribution in [-0.4, -0.2) is 49.1 Å². The van der Waals surface area contributed by atoms with Crippen molar-refractivity contribution in [1.29, 1.82) is 0 Å². The molecule has 1 unspecified atom stereocenters. The van der Waals surface area contributed by atoms with Gasteiger partial charge in [0.1, 0.15) is 23.0 Å². The summed E-state index contributed by atoms with van der Waals surface area (Å²) in [4.78, 5) is 28.3. The zero-order chi connectivity index (χ0) is 27.2. The van der Waals surface area contributed by atoms with Crippen LogP contribution in [0.25, 0.3) is 5.76 Å². The Morgan fingerprint density at radius 3 is 2.34 bits per heavy atom. The molecule has 0 aromatic heterocycles. The Balaban J connectivity index is 1.75. The molecule has 3 aromatic rings. The number of ether oxygens (including phenoxy) is 3. The highest BCUT2D eigenvalue weighted by atomic mass is 16.5. The Labute approximate surface area is 223 Å². The second kappa shape index (κ2) is 11.9. The van der Waals surface area contributed by atoms with Gasteiger partial charge in [-0.3, -0.25) is 9.59 Å². The van der Waals surface area contributed by atoms with Gasteiger partial charge in [0.15, 0.2) is 0 Å². The van der Waals surface area contributed by atoms with Crippen molar-refractivity contribution in [2.24, 2.45) is 5.92 Å². The van der Waals surface area contributed by atoms with Crippen LogP contribution in [0.4, 0.5) is 0 Å². The van der Waals surface area contributed by atoms with Gasteiger partial charge in [0.25, 0.3) is 11.7 Å². The average molecular weight is 516 g/mol. The van der Waals surface area contributed by atoms with Crippen molar-refractivity contribution >= 4 is 17.4 Å². The summed E-state index contributed by atoms with van der Waals surface area (Å²) in [7, 11) is 3.14. The van der Waals surface area contributed by atoms with Gasteiger partial charge in [0.05, 0.1) is 32.4 Å². The smallest absolute Gasteiger partial charge is 0.295 e. The number of benzene rings is 3. The van der Waals surface area contributed by atoms with Gasteiger partial charge in [-0.25, -0.2) is 0 Å². The van der Waals surface area contributed by atoms with Crippen molar-refractivity contribution in [3.8, 4) is 17.2 Å². The van der Waals surface area contributed by atoms with E-state index >= 15 is 0 Å². The summed E-state index contributed by atoms with van der Waals surface area (Å²) in [5.74, 6) is 0.516. The fourth-order valence-electron chi connectivity index (χ4n) is 4.52. The molecule has 7 heteroatoms. The average Bonchev–Trinajstić information content (AvgIpc) is 3.19. The Morgan fingerprint density at radius 1 is 0.921 bits per heavy atom. The normalized spacial score (nSPS) is 16.7. The molecule has 1 fully saturated rings. The minimum atomic E-state index is -0.815. The van der Waals surface area contributed by atoms with Gasteiger partial charge < -0.3 is 24.2 Å². The molecule has 3 aromatic carbocycles. The predicted molar refractivity (Wildman–Crippen MR) is 145 cm³/mol. The van der Waals surface area contributed by atoms with E-state index in [4.69, 9.17) is 14.2 Å². The number of ketones is 1. The largest absolute Gasteiger partial charge is 0.507 e. The van der Waals surface area contributed by atoms with Gasteiger partial charge in [-0.15, -0.1) is 0 Å². The maximum atomic E-state index is 13.4. The highest BCUT2D eigenvalue weighted by Crippen LogP contribution is 2.43. The summed E-state index contributed by atoms with van der Waals surface area (Å²) >= 11 is 0. The predicted octanol–water partition coefficient (Wildman–Crippen LogP) is 5.40. The van der Waals surface area contributed by atoms with Crippen LogP contribution in [0.5, 0.6) is 17.2 Å². The molecule has 38 heavy (non-hydrogen) atoms. The minimum Gasteiger partial charge on any atom is -0.507 e. The molecule has 0 spiro atoms. The first-order valence-corrected chi connectivity index (χ1v) is 12.6. The van der Waals surface area contributed by atoms with Gasteiger partial charge in [-0.05, 0) is 48.2 Å². The lowest BCUT2D eigenvalue weighted by Gasteiger charge is -2.26. The zero-order valence-corrected chi connectivity index (χ0v) is 22.1. The topological polar surface area (TPSA) is 85.3 Å². The maximum absolute atomic E-state index is 13.4.